The van der Waals surface area contributed by atoms with Gasteiger partial charge in [-0.3, -0.25) is 4.79 Å². The highest BCUT2D eigenvalue weighted by Crippen LogP contribution is 2.23. The monoisotopic (exact) mass is 266 g/mol. The van der Waals surface area contributed by atoms with E-state index in [1.807, 2.05) is 17.5 Å². The van der Waals surface area contributed by atoms with Gasteiger partial charge in [-0.25, -0.2) is 4.79 Å². The number of hydrogen-bond acceptors (Lipinski definition) is 5. The Morgan fingerprint density at radius 3 is 2.89 bits per heavy atom. The largest absolute Gasteiger partial charge is 0.462 e. The summed E-state index contributed by atoms with van der Waals surface area (Å²) in [5, 5.41) is 1.88. The molecular formula is C13H14O4S. The first-order chi connectivity index (χ1) is 8.63. The average Bonchev–Trinajstić information content (AvgIpc) is 2.81. The Balaban J connectivity index is 2.76. The van der Waals surface area contributed by atoms with Crippen LogP contribution in [0, 0.1) is 0 Å². The van der Waals surface area contributed by atoms with Crippen LogP contribution in [0.1, 0.15) is 24.8 Å². The maximum Gasteiger partial charge on any atom is 0.338 e. The molecule has 1 unspecified atom stereocenters. The van der Waals surface area contributed by atoms with Gasteiger partial charge in [0.15, 0.2) is 6.10 Å². The van der Waals surface area contributed by atoms with Crippen LogP contribution in [-0.2, 0) is 19.1 Å². The van der Waals surface area contributed by atoms with Crippen molar-refractivity contribution in [3.05, 3.63) is 40.3 Å². The Hall–Kier alpha value is -1.84. The summed E-state index contributed by atoms with van der Waals surface area (Å²) < 4.78 is 9.83. The highest BCUT2D eigenvalue weighted by atomic mass is 32.1. The predicted octanol–water partition coefficient (Wildman–Crippen LogP) is 2.63. The summed E-state index contributed by atoms with van der Waals surface area (Å²) in [6, 6.07) is 3.71. The van der Waals surface area contributed by atoms with Gasteiger partial charge in [-0.2, -0.15) is 0 Å². The van der Waals surface area contributed by atoms with Crippen molar-refractivity contribution in [3.8, 4) is 0 Å². The van der Waals surface area contributed by atoms with E-state index in [9.17, 15) is 9.59 Å². The van der Waals surface area contributed by atoms with Gasteiger partial charge in [-0.15, -0.1) is 17.1 Å². The quantitative estimate of drug-likeness (QED) is 0.467. The molecule has 0 amide bonds. The van der Waals surface area contributed by atoms with Gasteiger partial charge in [-0.05, 0) is 18.4 Å². The second-order valence-electron chi connectivity index (χ2n) is 3.28. The van der Waals surface area contributed by atoms with E-state index in [4.69, 9.17) is 9.47 Å². The van der Waals surface area contributed by atoms with Crippen molar-refractivity contribution in [1.82, 2.24) is 0 Å². The van der Waals surface area contributed by atoms with Crippen LogP contribution in [0.5, 0.6) is 0 Å². The van der Waals surface area contributed by atoms with Gasteiger partial charge in [-0.1, -0.05) is 6.07 Å². The van der Waals surface area contributed by atoms with Gasteiger partial charge >= 0.3 is 11.9 Å². The lowest BCUT2D eigenvalue weighted by Crippen LogP contribution is -2.04. The van der Waals surface area contributed by atoms with Crippen LogP contribution in [0.3, 0.4) is 0 Å². The summed E-state index contributed by atoms with van der Waals surface area (Å²) in [6.07, 6.45) is 2.17. The minimum absolute atomic E-state index is 0.315. The standard InChI is InChI=1S/C13H14O4S/c1-3-16-13(15)8-4-6-11(17-10(2)14)12-7-5-9-18-12/h5-9,11H,3H2,1-2H3. The fourth-order valence-corrected chi connectivity index (χ4v) is 1.92. The normalized spacial score (nSPS) is 11.0. The number of hydrogen-bond donors (Lipinski definition) is 0. The smallest absolute Gasteiger partial charge is 0.338 e. The SMILES string of the molecule is CCOC(=O)C=C=CC(OC(C)=O)c1cccs1. The molecule has 0 aliphatic heterocycles. The Labute approximate surface area is 110 Å². The van der Waals surface area contributed by atoms with Crippen LogP contribution < -0.4 is 0 Å². The summed E-state index contributed by atoms with van der Waals surface area (Å²) >= 11 is 1.46. The highest BCUT2D eigenvalue weighted by molar-refractivity contribution is 7.10. The van der Waals surface area contributed by atoms with Crippen molar-refractivity contribution >= 4 is 23.3 Å². The van der Waals surface area contributed by atoms with Crippen molar-refractivity contribution < 1.29 is 19.1 Å². The molecule has 5 heteroatoms. The average molecular weight is 266 g/mol. The van der Waals surface area contributed by atoms with Gasteiger partial charge in [0.2, 0.25) is 0 Å². The van der Waals surface area contributed by atoms with E-state index in [2.05, 4.69) is 5.73 Å². The highest BCUT2D eigenvalue weighted by Gasteiger charge is 2.11. The first-order valence-corrected chi connectivity index (χ1v) is 6.31. The van der Waals surface area contributed by atoms with Crippen molar-refractivity contribution in [2.45, 2.75) is 20.0 Å². The molecule has 4 nitrogen and oxygen atoms in total. The number of carbonyl (C=O) groups excluding carboxylic acids is 2. The van der Waals surface area contributed by atoms with Gasteiger partial charge < -0.3 is 9.47 Å². The first-order valence-electron chi connectivity index (χ1n) is 5.43. The zero-order valence-electron chi connectivity index (χ0n) is 10.2. The van der Waals surface area contributed by atoms with Crippen molar-refractivity contribution in [3.63, 3.8) is 0 Å². The Bertz CT molecular complexity index is 455. The van der Waals surface area contributed by atoms with Crippen LogP contribution in [-0.4, -0.2) is 18.5 Å². The third kappa shape index (κ3) is 4.99. The lowest BCUT2D eigenvalue weighted by atomic mass is 10.3. The molecule has 0 aliphatic carbocycles. The molecule has 0 N–H and O–H groups in total. The number of esters is 2. The minimum atomic E-state index is -0.520. The van der Waals surface area contributed by atoms with Crippen molar-refractivity contribution in [2.24, 2.45) is 0 Å². The molecule has 1 aromatic rings. The maximum atomic E-state index is 11.1. The Morgan fingerprint density at radius 1 is 1.56 bits per heavy atom. The van der Waals surface area contributed by atoms with Crippen LogP contribution in [0.25, 0.3) is 0 Å². The molecule has 1 atom stereocenters. The molecule has 1 aromatic heterocycles. The van der Waals surface area contributed by atoms with E-state index >= 15 is 0 Å². The minimum Gasteiger partial charge on any atom is -0.462 e. The Morgan fingerprint density at radius 2 is 2.33 bits per heavy atom. The number of rotatable bonds is 5. The molecule has 0 saturated heterocycles. The zero-order valence-corrected chi connectivity index (χ0v) is 11.0. The molecular weight excluding hydrogens is 252 g/mol. The second-order valence-corrected chi connectivity index (χ2v) is 4.25. The van der Waals surface area contributed by atoms with E-state index in [0.717, 1.165) is 4.88 Å². The third-order valence-electron chi connectivity index (χ3n) is 1.85. The van der Waals surface area contributed by atoms with Crippen LogP contribution in [0.4, 0.5) is 0 Å². The van der Waals surface area contributed by atoms with Crippen molar-refractivity contribution in [2.75, 3.05) is 6.61 Å². The lowest BCUT2D eigenvalue weighted by Gasteiger charge is -2.09. The Kier molecular flexibility index (Phi) is 5.91. The second kappa shape index (κ2) is 7.48. The van der Waals surface area contributed by atoms with E-state index in [1.165, 1.54) is 30.4 Å². The summed E-state index contributed by atoms with van der Waals surface area (Å²) in [7, 11) is 0. The molecule has 0 aliphatic rings. The molecule has 96 valence electrons. The third-order valence-corrected chi connectivity index (χ3v) is 2.79. The summed E-state index contributed by atoms with van der Waals surface area (Å²) in [4.78, 5) is 22.9. The molecule has 0 fully saturated rings. The molecule has 0 aromatic carbocycles. The van der Waals surface area contributed by atoms with E-state index < -0.39 is 12.1 Å². The number of thiophene rings is 1. The fourth-order valence-electron chi connectivity index (χ4n) is 1.19. The maximum absolute atomic E-state index is 11.1. The van der Waals surface area contributed by atoms with Gasteiger partial charge in [0.25, 0.3) is 0 Å². The molecule has 18 heavy (non-hydrogen) atoms. The topological polar surface area (TPSA) is 52.6 Å². The van der Waals surface area contributed by atoms with Crippen molar-refractivity contribution in [1.29, 1.82) is 0 Å². The fraction of sp³-hybridized carbons (Fsp3) is 0.308. The summed E-state index contributed by atoms with van der Waals surface area (Å²) in [5.41, 5.74) is 2.67. The molecule has 1 heterocycles. The summed E-state index contributed by atoms with van der Waals surface area (Å²) in [5.74, 6) is -0.857. The number of ether oxygens (including phenoxy) is 2. The van der Waals surface area contributed by atoms with Gasteiger partial charge in [0.05, 0.1) is 12.7 Å². The predicted molar refractivity (Wildman–Crippen MR) is 68.1 cm³/mol. The van der Waals surface area contributed by atoms with E-state index in [-0.39, 0.29) is 5.97 Å². The van der Waals surface area contributed by atoms with Crippen LogP contribution >= 0.6 is 11.3 Å². The van der Waals surface area contributed by atoms with E-state index in [0.29, 0.717) is 6.61 Å². The van der Waals surface area contributed by atoms with Gasteiger partial charge in [0.1, 0.15) is 0 Å². The molecule has 0 radical (unpaired) electrons. The van der Waals surface area contributed by atoms with Crippen LogP contribution in [0.2, 0.25) is 0 Å². The molecule has 0 bridgehead atoms. The lowest BCUT2D eigenvalue weighted by molar-refractivity contribution is -0.144. The zero-order chi connectivity index (χ0) is 13.4. The molecule has 1 rings (SSSR count). The van der Waals surface area contributed by atoms with Gasteiger partial charge in [0, 0.05) is 17.9 Å². The molecule has 0 saturated carbocycles. The van der Waals surface area contributed by atoms with E-state index in [1.54, 1.807) is 6.92 Å². The van der Waals surface area contributed by atoms with Crippen LogP contribution in [0.15, 0.2) is 35.4 Å². The number of carbonyl (C=O) groups is 2. The summed E-state index contributed by atoms with van der Waals surface area (Å²) in [6.45, 7) is 3.38. The molecule has 0 spiro atoms. The first kappa shape index (κ1) is 14.2.